The summed E-state index contributed by atoms with van der Waals surface area (Å²) in [5.41, 5.74) is 2.17. The Morgan fingerprint density at radius 3 is 2.43 bits per heavy atom. The van der Waals surface area contributed by atoms with Gasteiger partial charge in [-0.05, 0) is 45.2 Å². The molecule has 0 aromatic heterocycles. The number of aliphatic hydroxyl groups is 1. The third kappa shape index (κ3) is 5.38. The van der Waals surface area contributed by atoms with E-state index in [0.717, 1.165) is 16.9 Å². The van der Waals surface area contributed by atoms with Crippen LogP contribution in [0.15, 0.2) is 18.2 Å². The van der Waals surface area contributed by atoms with E-state index in [9.17, 15) is 4.79 Å². The van der Waals surface area contributed by atoms with E-state index < -0.39 is 0 Å². The topological polar surface area (TPSA) is 49.8 Å². The van der Waals surface area contributed by atoms with Crippen LogP contribution in [0.25, 0.3) is 0 Å². The molecule has 0 aliphatic carbocycles. The lowest BCUT2D eigenvalue weighted by Gasteiger charge is -2.26. The molecule has 1 rings (SSSR count). The first kappa shape index (κ1) is 17.5. The van der Waals surface area contributed by atoms with Gasteiger partial charge in [-0.3, -0.25) is 4.79 Å². The molecule has 0 bridgehead atoms. The van der Waals surface area contributed by atoms with Crippen molar-refractivity contribution in [2.24, 2.45) is 0 Å². The molecule has 118 valence electrons. The molecule has 0 radical (unpaired) electrons. The van der Waals surface area contributed by atoms with Crippen molar-refractivity contribution in [3.05, 3.63) is 29.3 Å². The number of carbonyl (C=O) groups is 1. The van der Waals surface area contributed by atoms with Gasteiger partial charge in [-0.25, -0.2) is 0 Å². The highest BCUT2D eigenvalue weighted by atomic mass is 16.5. The standard InChI is InChI=1S/C17H27NO3/c1-13(2)18(10-6-11-19)16(20)9-12-21-17-14(3)7-5-8-15(17)4/h5,7-8,13,19H,6,9-12H2,1-4H3. The zero-order chi connectivity index (χ0) is 15.8. The third-order valence-electron chi connectivity index (χ3n) is 3.47. The van der Waals surface area contributed by atoms with Crippen LogP contribution in [0.4, 0.5) is 0 Å². The molecule has 0 saturated heterocycles. The van der Waals surface area contributed by atoms with Gasteiger partial charge >= 0.3 is 0 Å². The maximum atomic E-state index is 12.2. The van der Waals surface area contributed by atoms with E-state index >= 15 is 0 Å². The fourth-order valence-electron chi connectivity index (χ4n) is 2.32. The van der Waals surface area contributed by atoms with E-state index in [1.165, 1.54) is 0 Å². The highest BCUT2D eigenvalue weighted by molar-refractivity contribution is 5.76. The molecule has 4 nitrogen and oxygen atoms in total. The highest BCUT2D eigenvalue weighted by Gasteiger charge is 2.16. The van der Waals surface area contributed by atoms with Crippen LogP contribution in [0.2, 0.25) is 0 Å². The van der Waals surface area contributed by atoms with Crippen LogP contribution in [-0.4, -0.2) is 41.7 Å². The van der Waals surface area contributed by atoms with E-state index in [1.54, 1.807) is 4.90 Å². The number of para-hydroxylation sites is 1. The Labute approximate surface area is 127 Å². The van der Waals surface area contributed by atoms with Gasteiger partial charge < -0.3 is 14.7 Å². The molecule has 4 heteroatoms. The number of aliphatic hydroxyl groups excluding tert-OH is 1. The molecule has 0 aliphatic heterocycles. The van der Waals surface area contributed by atoms with Gasteiger partial charge in [0.1, 0.15) is 5.75 Å². The van der Waals surface area contributed by atoms with Crippen molar-refractivity contribution in [3.63, 3.8) is 0 Å². The third-order valence-corrected chi connectivity index (χ3v) is 3.47. The zero-order valence-electron chi connectivity index (χ0n) is 13.6. The highest BCUT2D eigenvalue weighted by Crippen LogP contribution is 2.22. The summed E-state index contributed by atoms with van der Waals surface area (Å²) >= 11 is 0. The second kappa shape index (κ2) is 8.67. The van der Waals surface area contributed by atoms with Gasteiger partial charge in [-0.15, -0.1) is 0 Å². The number of hydrogen-bond acceptors (Lipinski definition) is 3. The lowest BCUT2D eigenvalue weighted by atomic mass is 10.1. The number of rotatable bonds is 8. The quantitative estimate of drug-likeness (QED) is 0.801. The van der Waals surface area contributed by atoms with Crippen molar-refractivity contribution in [1.29, 1.82) is 0 Å². The number of benzene rings is 1. The van der Waals surface area contributed by atoms with Gasteiger partial charge in [0.2, 0.25) is 5.91 Å². The molecule has 21 heavy (non-hydrogen) atoms. The molecule has 0 atom stereocenters. The van der Waals surface area contributed by atoms with Gasteiger partial charge in [-0.1, -0.05) is 18.2 Å². The first-order chi connectivity index (χ1) is 9.97. The normalized spacial score (nSPS) is 10.8. The second-order valence-corrected chi connectivity index (χ2v) is 5.58. The average Bonchev–Trinajstić information content (AvgIpc) is 2.42. The summed E-state index contributed by atoms with van der Waals surface area (Å²) < 4.78 is 5.78. The van der Waals surface area contributed by atoms with Crippen molar-refractivity contribution in [2.45, 2.75) is 46.6 Å². The summed E-state index contributed by atoms with van der Waals surface area (Å²) in [5, 5.41) is 8.90. The van der Waals surface area contributed by atoms with E-state index in [2.05, 4.69) is 0 Å². The molecule has 0 heterocycles. The number of ether oxygens (including phenoxy) is 1. The predicted octanol–water partition coefficient (Wildman–Crippen LogP) is 2.69. The number of carbonyl (C=O) groups excluding carboxylic acids is 1. The maximum Gasteiger partial charge on any atom is 0.226 e. The molecule has 0 fully saturated rings. The van der Waals surface area contributed by atoms with Gasteiger partial charge in [0.25, 0.3) is 0 Å². The van der Waals surface area contributed by atoms with Crippen molar-refractivity contribution < 1.29 is 14.6 Å². The maximum absolute atomic E-state index is 12.2. The Balaban J connectivity index is 2.52. The Kier molecular flexibility index (Phi) is 7.23. The summed E-state index contributed by atoms with van der Waals surface area (Å²) in [6, 6.07) is 6.15. The average molecular weight is 293 g/mol. The van der Waals surface area contributed by atoms with E-state index in [4.69, 9.17) is 9.84 Å². The number of hydrogen-bond donors (Lipinski definition) is 1. The molecule has 0 unspecified atom stereocenters. The van der Waals surface area contributed by atoms with Crippen molar-refractivity contribution >= 4 is 5.91 Å². The first-order valence-electron chi connectivity index (χ1n) is 7.56. The molecule has 1 amide bonds. The van der Waals surface area contributed by atoms with Crippen molar-refractivity contribution in [2.75, 3.05) is 19.8 Å². The van der Waals surface area contributed by atoms with Crippen molar-refractivity contribution in [1.82, 2.24) is 4.90 Å². The largest absolute Gasteiger partial charge is 0.493 e. The number of amides is 1. The molecule has 0 aliphatic rings. The zero-order valence-corrected chi connectivity index (χ0v) is 13.6. The van der Waals surface area contributed by atoms with E-state index in [0.29, 0.717) is 26.0 Å². The molecular formula is C17H27NO3. The van der Waals surface area contributed by atoms with Crippen molar-refractivity contribution in [3.8, 4) is 5.75 Å². The Morgan fingerprint density at radius 1 is 1.29 bits per heavy atom. The smallest absolute Gasteiger partial charge is 0.226 e. The van der Waals surface area contributed by atoms with Crippen LogP contribution in [0.3, 0.4) is 0 Å². The van der Waals surface area contributed by atoms with E-state index in [-0.39, 0.29) is 18.6 Å². The number of nitrogens with zero attached hydrogens (tertiary/aromatic N) is 1. The van der Waals surface area contributed by atoms with Crippen LogP contribution in [0, 0.1) is 13.8 Å². The number of aryl methyl sites for hydroxylation is 2. The Bertz CT molecular complexity index is 437. The van der Waals surface area contributed by atoms with Gasteiger partial charge in [0.05, 0.1) is 13.0 Å². The minimum absolute atomic E-state index is 0.0738. The molecule has 1 aromatic carbocycles. The van der Waals surface area contributed by atoms with Crippen LogP contribution in [0.5, 0.6) is 5.75 Å². The Hall–Kier alpha value is -1.55. The summed E-state index contributed by atoms with van der Waals surface area (Å²) in [6.07, 6.45) is 0.971. The fraction of sp³-hybridized carbons (Fsp3) is 0.588. The molecular weight excluding hydrogens is 266 g/mol. The van der Waals surface area contributed by atoms with Gasteiger partial charge in [-0.2, -0.15) is 0 Å². The van der Waals surface area contributed by atoms with Gasteiger partial charge in [0.15, 0.2) is 0 Å². The fourth-order valence-corrected chi connectivity index (χ4v) is 2.32. The Morgan fingerprint density at radius 2 is 1.90 bits per heavy atom. The minimum Gasteiger partial charge on any atom is -0.493 e. The monoisotopic (exact) mass is 293 g/mol. The molecule has 1 N–H and O–H groups in total. The van der Waals surface area contributed by atoms with Crippen LogP contribution < -0.4 is 4.74 Å². The summed E-state index contributed by atoms with van der Waals surface area (Å²) in [5.74, 6) is 0.946. The summed E-state index contributed by atoms with van der Waals surface area (Å²) in [7, 11) is 0. The van der Waals surface area contributed by atoms with Gasteiger partial charge in [0, 0.05) is 19.2 Å². The lowest BCUT2D eigenvalue weighted by molar-refractivity contribution is -0.133. The van der Waals surface area contributed by atoms with E-state index in [1.807, 2.05) is 45.9 Å². The minimum atomic E-state index is 0.0738. The van der Waals surface area contributed by atoms with Crippen LogP contribution in [0.1, 0.15) is 37.8 Å². The predicted molar refractivity (Wildman–Crippen MR) is 84.6 cm³/mol. The SMILES string of the molecule is Cc1cccc(C)c1OCCC(=O)N(CCCO)C(C)C. The molecule has 0 spiro atoms. The molecule has 0 saturated carbocycles. The molecule has 1 aromatic rings. The summed E-state index contributed by atoms with van der Waals surface area (Å²) in [4.78, 5) is 14.0. The van der Waals surface area contributed by atoms with Crippen LogP contribution in [-0.2, 0) is 4.79 Å². The van der Waals surface area contributed by atoms with Crippen LogP contribution >= 0.6 is 0 Å². The lowest BCUT2D eigenvalue weighted by Crippen LogP contribution is -2.38. The second-order valence-electron chi connectivity index (χ2n) is 5.58. The summed E-state index contributed by atoms with van der Waals surface area (Å²) in [6.45, 7) is 9.07. The first-order valence-corrected chi connectivity index (χ1v) is 7.56.